The predicted molar refractivity (Wildman–Crippen MR) is 56.0 cm³/mol. The molecule has 4 nitrogen and oxygen atoms in total. The number of methoxy groups -OCH3 is 1. The molecule has 0 radical (unpaired) electrons. The summed E-state index contributed by atoms with van der Waals surface area (Å²) in [5.41, 5.74) is 0. The molecule has 1 aliphatic rings. The summed E-state index contributed by atoms with van der Waals surface area (Å²) >= 11 is 0. The summed E-state index contributed by atoms with van der Waals surface area (Å²) in [7, 11) is 1.43. The lowest BCUT2D eigenvalue weighted by atomic mass is 9.95. The van der Waals surface area contributed by atoms with Gasteiger partial charge in [-0.15, -0.1) is 0 Å². The first-order chi connectivity index (χ1) is 7.22. The minimum atomic E-state index is -0.111. The molecule has 1 unspecified atom stereocenters. The van der Waals surface area contributed by atoms with E-state index < -0.39 is 0 Å². The third kappa shape index (κ3) is 2.93. The van der Waals surface area contributed by atoms with Gasteiger partial charge in [0.15, 0.2) is 0 Å². The molecule has 1 atom stereocenters. The van der Waals surface area contributed by atoms with Gasteiger partial charge in [0.2, 0.25) is 0 Å². The first-order valence-corrected chi connectivity index (χ1v) is 5.44. The molecule has 0 aromatic heterocycles. The topological polar surface area (TPSA) is 53.3 Å². The van der Waals surface area contributed by atoms with Gasteiger partial charge in [-0.05, 0) is 19.3 Å². The number of nitriles is 1. The van der Waals surface area contributed by atoms with E-state index in [1.165, 1.54) is 7.11 Å². The second kappa shape index (κ2) is 5.72. The molecular formula is C11H18N2O2. The van der Waals surface area contributed by atoms with E-state index in [1.807, 2.05) is 6.92 Å². The van der Waals surface area contributed by atoms with Crippen LogP contribution in [0.2, 0.25) is 0 Å². The Morgan fingerprint density at radius 2 is 2.20 bits per heavy atom. The Morgan fingerprint density at radius 1 is 1.60 bits per heavy atom. The van der Waals surface area contributed by atoms with Crippen LogP contribution in [0.3, 0.4) is 0 Å². The van der Waals surface area contributed by atoms with Crippen molar-refractivity contribution in [1.29, 1.82) is 5.26 Å². The highest BCUT2D eigenvalue weighted by Gasteiger charge is 2.28. The van der Waals surface area contributed by atoms with Gasteiger partial charge >= 0.3 is 5.97 Å². The normalized spacial score (nSPS) is 20.6. The Hall–Kier alpha value is -1.08. The fourth-order valence-electron chi connectivity index (χ4n) is 2.04. The Bertz CT molecular complexity index is 252. The van der Waals surface area contributed by atoms with Gasteiger partial charge in [-0.3, -0.25) is 9.69 Å². The minimum Gasteiger partial charge on any atom is -0.469 e. The molecule has 0 bridgehead atoms. The highest BCUT2D eigenvalue weighted by Crippen LogP contribution is 2.20. The van der Waals surface area contributed by atoms with Crippen molar-refractivity contribution in [3.05, 3.63) is 0 Å². The van der Waals surface area contributed by atoms with Crippen LogP contribution in [0, 0.1) is 17.2 Å². The first-order valence-electron chi connectivity index (χ1n) is 5.44. The number of carbonyl (C=O) groups excluding carboxylic acids is 1. The highest BCUT2D eigenvalue weighted by atomic mass is 16.5. The van der Waals surface area contributed by atoms with E-state index in [1.54, 1.807) is 0 Å². The van der Waals surface area contributed by atoms with Gasteiger partial charge in [-0.25, -0.2) is 0 Å². The third-order valence-electron chi connectivity index (χ3n) is 3.04. The Kier molecular flexibility index (Phi) is 4.57. The number of rotatable bonds is 3. The number of piperidine rings is 1. The van der Waals surface area contributed by atoms with Crippen molar-refractivity contribution in [2.24, 2.45) is 5.92 Å². The molecule has 0 aromatic rings. The van der Waals surface area contributed by atoms with Crippen molar-refractivity contribution in [2.45, 2.75) is 32.2 Å². The first kappa shape index (κ1) is 12.0. The average molecular weight is 210 g/mol. The maximum absolute atomic E-state index is 11.3. The molecule has 1 aliphatic heterocycles. The molecule has 84 valence electrons. The Labute approximate surface area is 90.8 Å². The molecule has 0 spiro atoms. The maximum atomic E-state index is 11.3. The summed E-state index contributed by atoms with van der Waals surface area (Å²) in [6.07, 6.45) is 2.47. The fraction of sp³-hybridized carbons (Fsp3) is 0.818. The summed E-state index contributed by atoms with van der Waals surface area (Å²) in [5, 5.41) is 8.92. The number of carbonyl (C=O) groups is 1. The van der Waals surface area contributed by atoms with Gasteiger partial charge in [0, 0.05) is 13.1 Å². The Morgan fingerprint density at radius 3 is 2.60 bits per heavy atom. The molecular weight excluding hydrogens is 192 g/mol. The molecule has 0 aromatic carbocycles. The van der Waals surface area contributed by atoms with Crippen molar-refractivity contribution >= 4 is 5.97 Å². The van der Waals surface area contributed by atoms with Crippen LogP contribution < -0.4 is 0 Å². The second-order valence-electron chi connectivity index (χ2n) is 3.89. The fourth-order valence-corrected chi connectivity index (χ4v) is 2.04. The van der Waals surface area contributed by atoms with E-state index in [-0.39, 0.29) is 17.9 Å². The van der Waals surface area contributed by atoms with E-state index in [4.69, 9.17) is 10.00 Å². The summed E-state index contributed by atoms with van der Waals surface area (Å²) in [4.78, 5) is 13.4. The molecule has 0 saturated carbocycles. The van der Waals surface area contributed by atoms with Crippen LogP contribution in [0.4, 0.5) is 0 Å². The number of hydrogen-bond acceptors (Lipinski definition) is 4. The van der Waals surface area contributed by atoms with Gasteiger partial charge in [0.1, 0.15) is 0 Å². The SMILES string of the molecule is CCC(C#N)N1CCC(C(=O)OC)CC1. The Balaban J connectivity index is 2.42. The van der Waals surface area contributed by atoms with Crippen LogP contribution in [0.1, 0.15) is 26.2 Å². The molecule has 0 aliphatic carbocycles. The van der Waals surface area contributed by atoms with Crippen molar-refractivity contribution in [3.63, 3.8) is 0 Å². The quantitative estimate of drug-likeness (QED) is 0.656. The lowest BCUT2D eigenvalue weighted by Crippen LogP contribution is -2.42. The molecule has 1 heterocycles. The average Bonchev–Trinajstić information content (AvgIpc) is 2.30. The number of nitrogens with zero attached hydrogens (tertiary/aromatic N) is 2. The van der Waals surface area contributed by atoms with Crippen molar-refractivity contribution in [2.75, 3.05) is 20.2 Å². The van der Waals surface area contributed by atoms with Gasteiger partial charge < -0.3 is 4.74 Å². The van der Waals surface area contributed by atoms with Crippen molar-refractivity contribution < 1.29 is 9.53 Å². The van der Waals surface area contributed by atoms with E-state index in [0.29, 0.717) is 0 Å². The van der Waals surface area contributed by atoms with Crippen LogP contribution in [-0.4, -0.2) is 37.1 Å². The monoisotopic (exact) mass is 210 g/mol. The minimum absolute atomic E-state index is 0.00333. The highest BCUT2D eigenvalue weighted by molar-refractivity contribution is 5.72. The smallest absolute Gasteiger partial charge is 0.308 e. The molecule has 0 amide bonds. The van der Waals surface area contributed by atoms with Crippen LogP contribution >= 0.6 is 0 Å². The molecule has 1 rings (SSSR count). The number of likely N-dealkylation sites (tertiary alicyclic amines) is 1. The summed E-state index contributed by atoms with van der Waals surface area (Å²) < 4.78 is 4.72. The largest absolute Gasteiger partial charge is 0.469 e. The van der Waals surface area contributed by atoms with Gasteiger partial charge in [-0.2, -0.15) is 5.26 Å². The van der Waals surface area contributed by atoms with Gasteiger partial charge in [0.25, 0.3) is 0 Å². The van der Waals surface area contributed by atoms with E-state index in [9.17, 15) is 4.79 Å². The van der Waals surface area contributed by atoms with Crippen LogP contribution in [-0.2, 0) is 9.53 Å². The standard InChI is InChI=1S/C11H18N2O2/c1-3-10(8-12)13-6-4-9(5-7-13)11(14)15-2/h9-10H,3-7H2,1-2H3. The third-order valence-corrected chi connectivity index (χ3v) is 3.04. The zero-order valence-corrected chi connectivity index (χ0v) is 9.40. The molecule has 15 heavy (non-hydrogen) atoms. The summed E-state index contributed by atoms with van der Waals surface area (Å²) in [6, 6.07) is 2.29. The summed E-state index contributed by atoms with van der Waals surface area (Å²) in [5.74, 6) is -0.0814. The van der Waals surface area contributed by atoms with Crippen LogP contribution in [0.25, 0.3) is 0 Å². The van der Waals surface area contributed by atoms with Gasteiger partial charge in [-0.1, -0.05) is 6.92 Å². The molecule has 0 N–H and O–H groups in total. The van der Waals surface area contributed by atoms with Crippen LogP contribution in [0.5, 0.6) is 0 Å². The maximum Gasteiger partial charge on any atom is 0.308 e. The molecule has 1 fully saturated rings. The predicted octanol–water partition coefficient (Wildman–Crippen LogP) is 1.17. The van der Waals surface area contributed by atoms with E-state index in [0.717, 1.165) is 32.4 Å². The number of hydrogen-bond donors (Lipinski definition) is 0. The molecule has 4 heteroatoms. The lowest BCUT2D eigenvalue weighted by Gasteiger charge is -2.33. The van der Waals surface area contributed by atoms with Crippen LogP contribution in [0.15, 0.2) is 0 Å². The lowest BCUT2D eigenvalue weighted by molar-refractivity contribution is -0.147. The van der Waals surface area contributed by atoms with E-state index in [2.05, 4.69) is 11.0 Å². The zero-order chi connectivity index (χ0) is 11.3. The molecule has 1 saturated heterocycles. The van der Waals surface area contributed by atoms with Crippen molar-refractivity contribution in [3.8, 4) is 6.07 Å². The second-order valence-corrected chi connectivity index (χ2v) is 3.89. The van der Waals surface area contributed by atoms with E-state index >= 15 is 0 Å². The number of esters is 1. The summed E-state index contributed by atoms with van der Waals surface area (Å²) in [6.45, 7) is 3.66. The number of ether oxygens (including phenoxy) is 1. The van der Waals surface area contributed by atoms with Gasteiger partial charge in [0.05, 0.1) is 25.1 Å². The zero-order valence-electron chi connectivity index (χ0n) is 9.40. The van der Waals surface area contributed by atoms with Crippen molar-refractivity contribution in [1.82, 2.24) is 4.90 Å².